The largest absolute Gasteiger partial charge is 0.493 e. The van der Waals surface area contributed by atoms with Crippen LogP contribution in [0.4, 0.5) is 5.69 Å². The second-order valence-electron chi connectivity index (χ2n) is 5.69. The summed E-state index contributed by atoms with van der Waals surface area (Å²) in [6, 6.07) is 9.12. The summed E-state index contributed by atoms with van der Waals surface area (Å²) >= 11 is 0. The number of anilines is 1. The summed E-state index contributed by atoms with van der Waals surface area (Å²) in [6.45, 7) is 0. The second-order valence-corrected chi connectivity index (χ2v) is 5.69. The van der Waals surface area contributed by atoms with Crippen LogP contribution >= 0.6 is 0 Å². The van der Waals surface area contributed by atoms with E-state index in [1.807, 2.05) is 36.1 Å². The van der Waals surface area contributed by atoms with E-state index in [1.165, 1.54) is 0 Å². The number of nitrogen functional groups attached to an aromatic ring is 1. The minimum absolute atomic E-state index is 0.570. The molecule has 0 saturated heterocycles. The summed E-state index contributed by atoms with van der Waals surface area (Å²) in [6.07, 6.45) is 7.35. The Balaban J connectivity index is 1.82. The Labute approximate surface area is 144 Å². The molecule has 0 aliphatic heterocycles. The Bertz CT molecular complexity index is 1050. The molecule has 0 atom stereocenters. The third-order valence-electron chi connectivity index (χ3n) is 3.88. The summed E-state index contributed by atoms with van der Waals surface area (Å²) in [4.78, 5) is 4.40. The molecule has 0 amide bonds. The zero-order chi connectivity index (χ0) is 17.4. The first-order chi connectivity index (χ1) is 12.1. The van der Waals surface area contributed by atoms with Gasteiger partial charge in [-0.05, 0) is 24.3 Å². The van der Waals surface area contributed by atoms with Gasteiger partial charge in [0.15, 0.2) is 17.2 Å². The average molecular weight is 335 g/mol. The molecule has 0 fully saturated rings. The van der Waals surface area contributed by atoms with Crippen LogP contribution in [0.3, 0.4) is 0 Å². The monoisotopic (exact) mass is 335 g/mol. The number of pyridine rings is 1. The van der Waals surface area contributed by atoms with Crippen LogP contribution in [-0.4, -0.2) is 26.3 Å². The molecule has 0 radical (unpaired) electrons. The number of benzene rings is 1. The number of imidazole rings is 1. The van der Waals surface area contributed by atoms with Gasteiger partial charge < -0.3 is 19.8 Å². The Morgan fingerprint density at radius 1 is 1.04 bits per heavy atom. The van der Waals surface area contributed by atoms with Gasteiger partial charge in [0.25, 0.3) is 0 Å². The maximum atomic E-state index is 6.12. The highest BCUT2D eigenvalue weighted by atomic mass is 16.5. The van der Waals surface area contributed by atoms with Crippen LogP contribution in [0.25, 0.3) is 16.8 Å². The molecule has 4 rings (SSSR count). The van der Waals surface area contributed by atoms with Crippen LogP contribution in [0.1, 0.15) is 0 Å². The van der Waals surface area contributed by atoms with E-state index in [0.29, 0.717) is 22.9 Å². The summed E-state index contributed by atoms with van der Waals surface area (Å²) in [5.41, 5.74) is 9.02. The summed E-state index contributed by atoms with van der Waals surface area (Å²) in [5.74, 6) is 1.81. The molecule has 7 nitrogen and oxygen atoms in total. The van der Waals surface area contributed by atoms with E-state index in [9.17, 15) is 0 Å². The summed E-state index contributed by atoms with van der Waals surface area (Å²) < 4.78 is 15.1. The van der Waals surface area contributed by atoms with E-state index in [0.717, 1.165) is 16.8 Å². The van der Waals surface area contributed by atoms with Crippen molar-refractivity contribution in [2.75, 3.05) is 12.8 Å². The first-order valence-corrected chi connectivity index (χ1v) is 7.71. The Morgan fingerprint density at radius 3 is 2.68 bits per heavy atom. The van der Waals surface area contributed by atoms with Crippen LogP contribution in [0.15, 0.2) is 55.2 Å². The second kappa shape index (κ2) is 5.86. The standard InChI is InChI=1S/C18H17N5O2/c1-22-10-14(20-11-22)12-7-17(15-5-6-21-23(15)9-12)25-16-4-3-13(19)8-18(16)24-2/h3-11H,19H2,1-2H3. The number of rotatable bonds is 4. The lowest BCUT2D eigenvalue weighted by molar-refractivity contribution is 0.380. The van der Waals surface area contributed by atoms with Gasteiger partial charge in [0, 0.05) is 36.8 Å². The highest BCUT2D eigenvalue weighted by Crippen LogP contribution is 2.36. The van der Waals surface area contributed by atoms with E-state index in [4.69, 9.17) is 15.2 Å². The molecule has 0 aliphatic rings. The van der Waals surface area contributed by atoms with Crippen molar-refractivity contribution in [2.45, 2.75) is 0 Å². The Kier molecular flexibility index (Phi) is 3.53. The first kappa shape index (κ1) is 15.1. The van der Waals surface area contributed by atoms with Crippen molar-refractivity contribution in [1.82, 2.24) is 19.2 Å². The Hall–Kier alpha value is -3.48. The number of ether oxygens (including phenoxy) is 2. The minimum atomic E-state index is 0.570. The number of nitrogens with zero attached hydrogens (tertiary/aromatic N) is 4. The van der Waals surface area contributed by atoms with Gasteiger partial charge in [0.1, 0.15) is 5.52 Å². The number of fused-ring (bicyclic) bond motifs is 1. The predicted molar refractivity (Wildman–Crippen MR) is 94.9 cm³/mol. The van der Waals surface area contributed by atoms with Gasteiger partial charge in [0.05, 0.1) is 25.3 Å². The Morgan fingerprint density at radius 2 is 1.92 bits per heavy atom. The van der Waals surface area contributed by atoms with E-state index in [2.05, 4.69) is 10.1 Å². The lowest BCUT2D eigenvalue weighted by Crippen LogP contribution is -1.96. The molecule has 126 valence electrons. The van der Waals surface area contributed by atoms with Crippen molar-refractivity contribution in [1.29, 1.82) is 0 Å². The average Bonchev–Trinajstić information content (AvgIpc) is 3.25. The van der Waals surface area contributed by atoms with Crippen LogP contribution in [-0.2, 0) is 7.05 Å². The molecule has 7 heteroatoms. The zero-order valence-corrected chi connectivity index (χ0v) is 13.9. The van der Waals surface area contributed by atoms with Crippen molar-refractivity contribution >= 4 is 11.2 Å². The minimum Gasteiger partial charge on any atom is -0.493 e. The maximum Gasteiger partial charge on any atom is 0.169 e. The highest BCUT2D eigenvalue weighted by molar-refractivity contribution is 5.70. The third kappa shape index (κ3) is 2.76. The number of hydrogen-bond acceptors (Lipinski definition) is 5. The normalized spacial score (nSPS) is 11.0. The quantitative estimate of drug-likeness (QED) is 0.580. The zero-order valence-electron chi connectivity index (χ0n) is 13.9. The number of nitrogens with two attached hydrogens (primary N) is 1. The number of aromatic nitrogens is 4. The number of aryl methyl sites for hydroxylation is 1. The molecule has 0 spiro atoms. The smallest absolute Gasteiger partial charge is 0.169 e. The number of hydrogen-bond donors (Lipinski definition) is 1. The first-order valence-electron chi connectivity index (χ1n) is 7.71. The lowest BCUT2D eigenvalue weighted by Gasteiger charge is -2.13. The molecular formula is C18H17N5O2. The molecule has 1 aromatic carbocycles. The van der Waals surface area contributed by atoms with Gasteiger partial charge >= 0.3 is 0 Å². The lowest BCUT2D eigenvalue weighted by atomic mass is 10.2. The fraction of sp³-hybridized carbons (Fsp3) is 0.111. The van der Waals surface area contributed by atoms with Crippen molar-refractivity contribution in [2.24, 2.45) is 7.05 Å². The molecule has 4 aromatic rings. The molecular weight excluding hydrogens is 318 g/mol. The van der Waals surface area contributed by atoms with Gasteiger partial charge in [-0.2, -0.15) is 5.10 Å². The maximum absolute atomic E-state index is 6.12. The van der Waals surface area contributed by atoms with Crippen LogP contribution in [0.5, 0.6) is 17.2 Å². The fourth-order valence-corrected chi connectivity index (χ4v) is 2.67. The van der Waals surface area contributed by atoms with E-state index in [-0.39, 0.29) is 0 Å². The van der Waals surface area contributed by atoms with Gasteiger partial charge in [-0.25, -0.2) is 9.50 Å². The van der Waals surface area contributed by atoms with Gasteiger partial charge in [-0.3, -0.25) is 0 Å². The third-order valence-corrected chi connectivity index (χ3v) is 3.88. The number of methoxy groups -OCH3 is 1. The van der Waals surface area contributed by atoms with E-state index in [1.54, 1.807) is 42.3 Å². The van der Waals surface area contributed by atoms with Gasteiger partial charge in [-0.15, -0.1) is 0 Å². The van der Waals surface area contributed by atoms with E-state index >= 15 is 0 Å². The van der Waals surface area contributed by atoms with Gasteiger partial charge in [0.2, 0.25) is 0 Å². The van der Waals surface area contributed by atoms with Crippen molar-refractivity contribution in [3.8, 4) is 28.5 Å². The highest BCUT2D eigenvalue weighted by Gasteiger charge is 2.13. The van der Waals surface area contributed by atoms with E-state index < -0.39 is 0 Å². The van der Waals surface area contributed by atoms with Gasteiger partial charge in [-0.1, -0.05) is 0 Å². The molecule has 3 heterocycles. The van der Waals surface area contributed by atoms with Crippen LogP contribution in [0, 0.1) is 0 Å². The molecule has 0 unspecified atom stereocenters. The topological polar surface area (TPSA) is 79.6 Å². The predicted octanol–water partition coefficient (Wildman–Crippen LogP) is 3.12. The van der Waals surface area contributed by atoms with Crippen molar-refractivity contribution < 1.29 is 9.47 Å². The van der Waals surface area contributed by atoms with Crippen molar-refractivity contribution in [3.63, 3.8) is 0 Å². The van der Waals surface area contributed by atoms with Crippen LogP contribution in [0.2, 0.25) is 0 Å². The molecule has 3 aromatic heterocycles. The van der Waals surface area contributed by atoms with Crippen molar-refractivity contribution in [3.05, 3.63) is 55.2 Å². The van der Waals surface area contributed by atoms with Crippen LogP contribution < -0.4 is 15.2 Å². The molecule has 0 saturated carbocycles. The SMILES string of the molecule is COc1cc(N)ccc1Oc1cc(-c2cn(C)cn2)cn2nccc12. The molecule has 0 aliphatic carbocycles. The summed E-state index contributed by atoms with van der Waals surface area (Å²) in [5, 5.41) is 4.32. The summed E-state index contributed by atoms with van der Waals surface area (Å²) in [7, 11) is 3.51. The molecule has 0 bridgehead atoms. The molecule has 25 heavy (non-hydrogen) atoms. The fourth-order valence-electron chi connectivity index (χ4n) is 2.67. The molecule has 2 N–H and O–H groups in total.